The van der Waals surface area contributed by atoms with Crippen molar-refractivity contribution in [3.05, 3.63) is 48.0 Å². The van der Waals surface area contributed by atoms with Gasteiger partial charge < -0.3 is 20.1 Å². The number of nitrogens with two attached hydrogens (primary N) is 1. The summed E-state index contributed by atoms with van der Waals surface area (Å²) in [7, 11) is 0. The number of piperidine rings is 1. The van der Waals surface area contributed by atoms with Crippen molar-refractivity contribution in [2.75, 3.05) is 31.1 Å². The molecule has 2 N–H and O–H groups in total. The van der Waals surface area contributed by atoms with E-state index in [-0.39, 0.29) is 31.0 Å². The lowest BCUT2D eigenvalue weighted by Crippen LogP contribution is -2.39. The molecule has 9 nitrogen and oxygen atoms in total. The molecule has 3 aliphatic rings. The van der Waals surface area contributed by atoms with Crippen LogP contribution in [0.25, 0.3) is 11.1 Å². The second kappa shape index (κ2) is 8.45. The molecule has 2 aromatic rings. The number of fused-ring (bicyclic) bond motifs is 1. The first-order chi connectivity index (χ1) is 17.1. The summed E-state index contributed by atoms with van der Waals surface area (Å²) in [4.78, 5) is 32.0. The molecule has 1 saturated carbocycles. The van der Waals surface area contributed by atoms with Crippen LogP contribution in [0.4, 0.5) is 19.7 Å². The maximum atomic E-state index is 15.0. The number of likely N-dealkylation sites (tertiary alicyclic amines) is 1. The van der Waals surface area contributed by atoms with Gasteiger partial charge in [-0.25, -0.2) is 14.0 Å². The van der Waals surface area contributed by atoms with Crippen molar-refractivity contribution in [2.45, 2.75) is 37.9 Å². The second-order valence-corrected chi connectivity index (χ2v) is 10.5. The molecule has 1 aromatic carbocycles. The van der Waals surface area contributed by atoms with E-state index in [1.54, 1.807) is 35.4 Å². The van der Waals surface area contributed by atoms with Crippen molar-refractivity contribution < 1.29 is 23.5 Å². The quantitative estimate of drug-likeness (QED) is 0.692. The standard InChI is InChI=1S/C26H28FN5O4/c1-25(2,3)36-23(33)31-12-19-20(13-31)26(19,14-29)22-7-4-15(10-30-22)18-6-5-16(8-21(18)27)32-11-17(9-28)35-24(32)34/h4-8,10,17,19-20H,9,11-13,28H2,1-3H3/t17?,19-,20+,26+. The van der Waals surface area contributed by atoms with Crippen LogP contribution in [0, 0.1) is 29.0 Å². The minimum absolute atomic E-state index is 0.0121. The van der Waals surface area contributed by atoms with Gasteiger partial charge in [-0.1, -0.05) is 6.07 Å². The second-order valence-electron chi connectivity index (χ2n) is 10.5. The maximum Gasteiger partial charge on any atom is 0.414 e. The number of halogens is 1. The van der Waals surface area contributed by atoms with Gasteiger partial charge in [0.15, 0.2) is 0 Å². The van der Waals surface area contributed by atoms with Crippen molar-refractivity contribution in [3.8, 4) is 17.2 Å². The first kappa shape index (κ1) is 24.0. The highest BCUT2D eigenvalue weighted by molar-refractivity contribution is 5.90. The van der Waals surface area contributed by atoms with E-state index in [9.17, 15) is 19.2 Å². The zero-order valence-corrected chi connectivity index (χ0v) is 20.4. The van der Waals surface area contributed by atoms with Crippen LogP contribution in [-0.4, -0.2) is 60.0 Å². The molecular formula is C26H28FN5O4. The summed E-state index contributed by atoms with van der Waals surface area (Å²) in [5.41, 5.74) is 6.14. The highest BCUT2D eigenvalue weighted by Crippen LogP contribution is 2.62. The van der Waals surface area contributed by atoms with Crippen LogP contribution in [0.2, 0.25) is 0 Å². The number of ether oxygens (including phenoxy) is 2. The summed E-state index contributed by atoms with van der Waals surface area (Å²) in [6, 6.07) is 10.5. The Labute approximate surface area is 208 Å². The van der Waals surface area contributed by atoms with E-state index in [1.807, 2.05) is 20.8 Å². The van der Waals surface area contributed by atoms with Gasteiger partial charge in [-0.2, -0.15) is 5.26 Å². The number of nitriles is 1. The molecule has 0 spiro atoms. The van der Waals surface area contributed by atoms with Crippen molar-refractivity contribution in [3.63, 3.8) is 0 Å². The summed E-state index contributed by atoms with van der Waals surface area (Å²) in [6.07, 6.45) is 0.221. The topological polar surface area (TPSA) is 122 Å². The van der Waals surface area contributed by atoms with E-state index in [2.05, 4.69) is 11.1 Å². The zero-order valence-electron chi connectivity index (χ0n) is 20.4. The molecule has 3 heterocycles. The molecule has 188 valence electrons. The monoisotopic (exact) mass is 493 g/mol. The molecule has 1 unspecified atom stereocenters. The summed E-state index contributed by atoms with van der Waals surface area (Å²) in [5, 5.41) is 10.0. The molecule has 0 bridgehead atoms. The van der Waals surface area contributed by atoms with Crippen molar-refractivity contribution in [1.29, 1.82) is 5.26 Å². The molecule has 2 aliphatic heterocycles. The van der Waals surface area contributed by atoms with Gasteiger partial charge in [-0.3, -0.25) is 9.88 Å². The van der Waals surface area contributed by atoms with Crippen LogP contribution in [0.1, 0.15) is 26.5 Å². The van der Waals surface area contributed by atoms with Gasteiger partial charge in [0, 0.05) is 48.8 Å². The Balaban J connectivity index is 1.30. The number of rotatable bonds is 4. The smallest absolute Gasteiger partial charge is 0.414 e. The number of carbonyl (C=O) groups excluding carboxylic acids is 2. The molecule has 0 radical (unpaired) electrons. The van der Waals surface area contributed by atoms with Crippen molar-refractivity contribution in [2.24, 2.45) is 17.6 Å². The minimum Gasteiger partial charge on any atom is -0.444 e. The van der Waals surface area contributed by atoms with Gasteiger partial charge in [-0.05, 0) is 45.0 Å². The Morgan fingerprint density at radius 1 is 1.28 bits per heavy atom. The number of anilines is 1. The highest BCUT2D eigenvalue weighted by Gasteiger charge is 2.71. The van der Waals surface area contributed by atoms with Crippen LogP contribution in [-0.2, 0) is 14.9 Å². The van der Waals surface area contributed by atoms with Crippen LogP contribution < -0.4 is 10.6 Å². The molecule has 10 heteroatoms. The summed E-state index contributed by atoms with van der Waals surface area (Å²) in [5.74, 6) is -0.527. The molecule has 36 heavy (non-hydrogen) atoms. The molecule has 4 atom stereocenters. The fraction of sp³-hybridized carbons (Fsp3) is 0.462. The Kier molecular flexibility index (Phi) is 5.63. The van der Waals surface area contributed by atoms with Gasteiger partial charge in [0.25, 0.3) is 0 Å². The highest BCUT2D eigenvalue weighted by atomic mass is 19.1. The van der Waals surface area contributed by atoms with E-state index in [0.717, 1.165) is 0 Å². The third kappa shape index (κ3) is 3.93. The Hall–Kier alpha value is -3.71. The van der Waals surface area contributed by atoms with Crippen LogP contribution in [0.15, 0.2) is 36.5 Å². The number of aromatic nitrogens is 1. The lowest BCUT2D eigenvalue weighted by atomic mass is 9.95. The average Bonchev–Trinajstić information content (AvgIpc) is 3.13. The fourth-order valence-corrected chi connectivity index (χ4v) is 5.27. The predicted molar refractivity (Wildman–Crippen MR) is 128 cm³/mol. The molecule has 1 aliphatic carbocycles. The lowest BCUT2D eigenvalue weighted by molar-refractivity contribution is 0.0265. The number of nitrogens with zero attached hydrogens (tertiary/aromatic N) is 4. The molecule has 3 fully saturated rings. The van der Waals surface area contributed by atoms with Gasteiger partial charge >= 0.3 is 12.2 Å². The molecular weight excluding hydrogens is 465 g/mol. The third-order valence-corrected chi connectivity index (χ3v) is 7.12. The van der Waals surface area contributed by atoms with Crippen molar-refractivity contribution >= 4 is 17.9 Å². The van der Waals surface area contributed by atoms with E-state index in [0.29, 0.717) is 35.6 Å². The van der Waals surface area contributed by atoms with Crippen molar-refractivity contribution in [1.82, 2.24) is 9.88 Å². The summed E-state index contributed by atoms with van der Waals surface area (Å²) in [6.45, 7) is 6.81. The molecule has 2 saturated heterocycles. The normalized spacial score (nSPS) is 26.9. The van der Waals surface area contributed by atoms with Crippen LogP contribution in [0.3, 0.4) is 0 Å². The fourth-order valence-electron chi connectivity index (χ4n) is 5.27. The first-order valence-corrected chi connectivity index (χ1v) is 11.9. The number of benzene rings is 1. The Morgan fingerprint density at radius 3 is 2.53 bits per heavy atom. The van der Waals surface area contributed by atoms with Crippen LogP contribution >= 0.6 is 0 Å². The summed E-state index contributed by atoms with van der Waals surface area (Å²) >= 11 is 0. The molecule has 5 rings (SSSR count). The molecule has 2 amide bonds. The number of amides is 2. The van der Waals surface area contributed by atoms with Crippen LogP contribution in [0.5, 0.6) is 0 Å². The predicted octanol–water partition coefficient (Wildman–Crippen LogP) is 3.43. The van der Waals surface area contributed by atoms with E-state index < -0.39 is 29.0 Å². The SMILES string of the molecule is CC(C)(C)OC(=O)N1C[C@@H]2[C@H](C1)[C@@]2(C#N)c1ccc(-c2ccc(N3CC(CN)OC3=O)cc2F)cn1. The van der Waals surface area contributed by atoms with Gasteiger partial charge in [0.05, 0.1) is 24.0 Å². The third-order valence-electron chi connectivity index (χ3n) is 7.12. The molecule has 1 aromatic heterocycles. The first-order valence-electron chi connectivity index (χ1n) is 11.9. The largest absolute Gasteiger partial charge is 0.444 e. The zero-order chi connectivity index (χ0) is 25.8. The Bertz CT molecular complexity index is 1240. The van der Waals surface area contributed by atoms with E-state index in [4.69, 9.17) is 15.2 Å². The van der Waals surface area contributed by atoms with Gasteiger partial charge in [-0.15, -0.1) is 0 Å². The number of hydrogen-bond donors (Lipinski definition) is 1. The minimum atomic E-state index is -0.755. The van der Waals surface area contributed by atoms with Gasteiger partial charge in [0.1, 0.15) is 22.9 Å². The average molecular weight is 494 g/mol. The maximum absolute atomic E-state index is 15.0. The van der Waals surface area contributed by atoms with E-state index >= 15 is 0 Å². The van der Waals surface area contributed by atoms with E-state index in [1.165, 1.54) is 11.0 Å². The number of cyclic esters (lactones) is 1. The number of hydrogen-bond acceptors (Lipinski definition) is 7. The van der Waals surface area contributed by atoms with Gasteiger partial charge in [0.2, 0.25) is 0 Å². The number of carbonyl (C=O) groups is 2. The lowest BCUT2D eigenvalue weighted by Gasteiger charge is -2.27. The Morgan fingerprint density at radius 2 is 2.00 bits per heavy atom. The summed E-state index contributed by atoms with van der Waals surface area (Å²) < 4.78 is 25.6. The number of pyridine rings is 1.